The van der Waals surface area contributed by atoms with Crippen molar-refractivity contribution in [2.75, 3.05) is 13.2 Å². The second-order valence-electron chi connectivity index (χ2n) is 7.08. The van der Waals surface area contributed by atoms with Crippen molar-refractivity contribution in [1.29, 1.82) is 0 Å². The molecule has 0 aromatic heterocycles. The quantitative estimate of drug-likeness (QED) is 0.390. The number of ether oxygens (including phenoxy) is 2. The molecule has 0 aliphatic rings. The third-order valence-electron chi connectivity index (χ3n) is 4.13. The second kappa shape index (κ2) is 13.2. The average Bonchev–Trinajstić information content (AvgIpc) is 2.54. The van der Waals surface area contributed by atoms with Crippen LogP contribution in [-0.4, -0.2) is 37.2 Å². The van der Waals surface area contributed by atoms with Crippen molar-refractivity contribution in [3.63, 3.8) is 0 Å². The first kappa shape index (κ1) is 22.9. The van der Waals surface area contributed by atoms with Crippen LogP contribution in [0.4, 0.5) is 0 Å². The fourth-order valence-electron chi connectivity index (χ4n) is 2.00. The van der Waals surface area contributed by atoms with Crippen molar-refractivity contribution in [2.24, 2.45) is 17.6 Å². The van der Waals surface area contributed by atoms with E-state index in [1.807, 2.05) is 27.7 Å². The zero-order chi connectivity index (χ0) is 18.5. The number of rotatable bonds is 13. The lowest BCUT2D eigenvalue weighted by Gasteiger charge is -2.14. The average molecular weight is 346 g/mol. The van der Waals surface area contributed by atoms with Gasteiger partial charge >= 0.3 is 11.9 Å². The van der Waals surface area contributed by atoms with Crippen LogP contribution >= 0.6 is 0 Å². The Morgan fingerprint density at radius 3 is 1.62 bits per heavy atom. The number of hydrogen-bond donors (Lipinski definition) is 2. The number of nitrogens with two attached hydrogens (primary N) is 1. The first-order chi connectivity index (χ1) is 11.3. The molecule has 142 valence electrons. The minimum Gasteiger partial charge on any atom is -0.465 e. The molecular formula is C18H37N2O4+. The number of carbonyl (C=O) groups is 2. The van der Waals surface area contributed by atoms with Crippen LogP contribution in [-0.2, 0) is 19.1 Å². The molecule has 0 aromatic carbocycles. The van der Waals surface area contributed by atoms with Crippen LogP contribution in [0.25, 0.3) is 0 Å². The monoisotopic (exact) mass is 345 g/mol. The molecule has 0 saturated carbocycles. The highest BCUT2D eigenvalue weighted by atomic mass is 16.5. The van der Waals surface area contributed by atoms with Gasteiger partial charge in [0.25, 0.3) is 0 Å². The molecule has 0 bridgehead atoms. The standard InChI is InChI=1S/C18H36N2O4/c1-13(2)15(19)17(21)23-11-9-7-5-6-8-10-12-24-18(22)16(20)14(3)4/h13-16H,5-12,19-20H2,1-4H3/p+1. The van der Waals surface area contributed by atoms with Gasteiger partial charge in [-0.15, -0.1) is 0 Å². The summed E-state index contributed by atoms with van der Waals surface area (Å²) < 4.78 is 10.4. The SMILES string of the molecule is CC(C)C(N)C(=O)OCCCCCCCCOC(=O)C([NH3+])C(C)C. The topological polar surface area (TPSA) is 106 Å². The first-order valence-electron chi connectivity index (χ1n) is 9.19. The van der Waals surface area contributed by atoms with E-state index in [-0.39, 0.29) is 29.8 Å². The minimum absolute atomic E-state index is 0.103. The predicted molar refractivity (Wildman–Crippen MR) is 93.9 cm³/mol. The molecule has 0 radical (unpaired) electrons. The van der Waals surface area contributed by atoms with Crippen molar-refractivity contribution in [3.8, 4) is 0 Å². The molecule has 0 aliphatic heterocycles. The Labute approximate surface area is 146 Å². The van der Waals surface area contributed by atoms with Crippen molar-refractivity contribution in [1.82, 2.24) is 0 Å². The Morgan fingerprint density at radius 1 is 0.792 bits per heavy atom. The van der Waals surface area contributed by atoms with Gasteiger partial charge in [-0.2, -0.15) is 0 Å². The Balaban J connectivity index is 3.43. The molecule has 0 spiro atoms. The summed E-state index contributed by atoms with van der Waals surface area (Å²) in [7, 11) is 0. The summed E-state index contributed by atoms with van der Waals surface area (Å²) in [5.41, 5.74) is 9.52. The van der Waals surface area contributed by atoms with E-state index in [0.717, 1.165) is 38.5 Å². The maximum Gasteiger partial charge on any atom is 0.365 e. The van der Waals surface area contributed by atoms with Gasteiger partial charge in [0.15, 0.2) is 6.04 Å². The number of carbonyl (C=O) groups excluding carboxylic acids is 2. The van der Waals surface area contributed by atoms with Crippen molar-refractivity contribution in [2.45, 2.75) is 78.3 Å². The van der Waals surface area contributed by atoms with E-state index in [2.05, 4.69) is 5.73 Å². The molecule has 6 heteroatoms. The first-order valence-corrected chi connectivity index (χ1v) is 9.19. The summed E-state index contributed by atoms with van der Waals surface area (Å²) in [6.45, 7) is 8.66. The lowest BCUT2D eigenvalue weighted by Crippen LogP contribution is -2.67. The summed E-state index contributed by atoms with van der Waals surface area (Å²) in [6.07, 6.45) is 5.99. The molecule has 24 heavy (non-hydrogen) atoms. The van der Waals surface area contributed by atoms with Crippen molar-refractivity contribution >= 4 is 11.9 Å². The Hall–Kier alpha value is -1.14. The van der Waals surface area contributed by atoms with Crippen LogP contribution in [0.3, 0.4) is 0 Å². The zero-order valence-corrected chi connectivity index (χ0v) is 15.9. The maximum atomic E-state index is 11.6. The summed E-state index contributed by atoms with van der Waals surface area (Å²) in [5.74, 6) is -0.198. The second-order valence-corrected chi connectivity index (χ2v) is 7.08. The number of hydrogen-bond acceptors (Lipinski definition) is 5. The van der Waals surface area contributed by atoms with Crippen LogP contribution in [0.15, 0.2) is 0 Å². The molecule has 0 heterocycles. The van der Waals surface area contributed by atoms with Gasteiger partial charge < -0.3 is 20.9 Å². The van der Waals surface area contributed by atoms with E-state index in [0.29, 0.717) is 13.2 Å². The molecule has 0 aromatic rings. The van der Waals surface area contributed by atoms with Crippen molar-refractivity contribution < 1.29 is 24.8 Å². The predicted octanol–water partition coefficient (Wildman–Crippen LogP) is 1.66. The number of quaternary nitrogens is 1. The fourth-order valence-corrected chi connectivity index (χ4v) is 2.00. The third kappa shape index (κ3) is 10.6. The van der Waals surface area contributed by atoms with Gasteiger partial charge in [0.1, 0.15) is 6.04 Å². The van der Waals surface area contributed by atoms with E-state index in [1.165, 1.54) is 0 Å². The van der Waals surface area contributed by atoms with E-state index in [4.69, 9.17) is 15.2 Å². The van der Waals surface area contributed by atoms with Crippen LogP contribution in [0.2, 0.25) is 0 Å². The highest BCUT2D eigenvalue weighted by molar-refractivity contribution is 5.75. The lowest BCUT2D eigenvalue weighted by molar-refractivity contribution is -0.418. The summed E-state index contributed by atoms with van der Waals surface area (Å²) >= 11 is 0. The van der Waals surface area contributed by atoms with Crippen LogP contribution in [0.5, 0.6) is 0 Å². The largest absolute Gasteiger partial charge is 0.465 e. The molecule has 0 fully saturated rings. The van der Waals surface area contributed by atoms with Crippen molar-refractivity contribution in [3.05, 3.63) is 0 Å². The van der Waals surface area contributed by atoms with Gasteiger partial charge in [-0.1, -0.05) is 53.4 Å². The zero-order valence-electron chi connectivity index (χ0n) is 15.9. The minimum atomic E-state index is -0.527. The molecule has 0 aliphatic carbocycles. The highest BCUT2D eigenvalue weighted by Crippen LogP contribution is 2.07. The number of esters is 2. The van der Waals surface area contributed by atoms with Gasteiger partial charge in [-0.05, 0) is 18.8 Å². The van der Waals surface area contributed by atoms with Gasteiger partial charge in [0.2, 0.25) is 0 Å². The number of unbranched alkanes of at least 4 members (excludes halogenated alkanes) is 5. The highest BCUT2D eigenvalue weighted by Gasteiger charge is 2.22. The van der Waals surface area contributed by atoms with Gasteiger partial charge in [-0.25, -0.2) is 4.79 Å². The van der Waals surface area contributed by atoms with E-state index < -0.39 is 6.04 Å². The molecular weight excluding hydrogens is 308 g/mol. The van der Waals surface area contributed by atoms with Crippen LogP contribution in [0, 0.1) is 11.8 Å². The van der Waals surface area contributed by atoms with Crippen LogP contribution in [0.1, 0.15) is 66.2 Å². The summed E-state index contributed by atoms with van der Waals surface area (Å²) in [6, 6.07) is -0.808. The normalized spacial score (nSPS) is 13.8. The molecule has 0 amide bonds. The Morgan fingerprint density at radius 2 is 1.21 bits per heavy atom. The molecule has 2 unspecified atom stereocenters. The Kier molecular flexibility index (Phi) is 12.6. The summed E-state index contributed by atoms with van der Waals surface area (Å²) in [5, 5.41) is 0. The summed E-state index contributed by atoms with van der Waals surface area (Å²) in [4.78, 5) is 23.1. The smallest absolute Gasteiger partial charge is 0.365 e. The lowest BCUT2D eigenvalue weighted by atomic mass is 10.1. The third-order valence-corrected chi connectivity index (χ3v) is 4.13. The molecule has 2 atom stereocenters. The van der Waals surface area contributed by atoms with Gasteiger partial charge in [0, 0.05) is 5.92 Å². The fraction of sp³-hybridized carbons (Fsp3) is 0.889. The van der Waals surface area contributed by atoms with Gasteiger partial charge in [0.05, 0.1) is 13.2 Å². The van der Waals surface area contributed by atoms with Gasteiger partial charge in [-0.3, -0.25) is 4.79 Å². The Bertz CT molecular complexity index is 325. The maximum absolute atomic E-state index is 11.6. The molecule has 0 saturated heterocycles. The molecule has 6 nitrogen and oxygen atoms in total. The van der Waals surface area contributed by atoms with E-state index >= 15 is 0 Å². The van der Waals surface area contributed by atoms with E-state index in [9.17, 15) is 9.59 Å². The van der Waals surface area contributed by atoms with Crippen LogP contribution < -0.4 is 11.5 Å². The van der Waals surface area contributed by atoms with E-state index in [1.54, 1.807) is 0 Å². The molecule has 0 rings (SSSR count). The molecule has 5 N–H and O–H groups in total.